The summed E-state index contributed by atoms with van der Waals surface area (Å²) in [5.74, 6) is 1.01. The van der Waals surface area contributed by atoms with Crippen LogP contribution in [0.15, 0.2) is 11.4 Å². The summed E-state index contributed by atoms with van der Waals surface area (Å²) in [5.41, 5.74) is 0. The van der Waals surface area contributed by atoms with Crippen molar-refractivity contribution in [3.05, 3.63) is 16.3 Å². The van der Waals surface area contributed by atoms with Crippen LogP contribution in [0.25, 0.3) is 0 Å². The lowest BCUT2D eigenvalue weighted by Gasteiger charge is -2.17. The molecule has 1 aromatic heterocycles. The lowest BCUT2D eigenvalue weighted by atomic mass is 10.2. The molecule has 1 atom stereocenters. The molecule has 0 aliphatic heterocycles. The van der Waals surface area contributed by atoms with E-state index >= 15 is 0 Å². The summed E-state index contributed by atoms with van der Waals surface area (Å²) in [6.07, 6.45) is 1.84. The van der Waals surface area contributed by atoms with E-state index in [2.05, 4.69) is 5.32 Å². The maximum atomic E-state index is 11.2. The molecular formula is C11H19NO3S2. The predicted octanol–water partition coefficient (Wildman–Crippen LogP) is 1.84. The highest BCUT2D eigenvalue weighted by Crippen LogP contribution is 2.32. The molecular weight excluding hydrogens is 258 g/mol. The molecule has 1 heterocycles. The molecule has 0 bridgehead atoms. The molecule has 4 nitrogen and oxygen atoms in total. The van der Waals surface area contributed by atoms with E-state index in [1.807, 2.05) is 18.4 Å². The van der Waals surface area contributed by atoms with E-state index in [1.165, 1.54) is 6.26 Å². The van der Waals surface area contributed by atoms with Crippen LogP contribution < -0.4 is 10.1 Å². The average Bonchev–Trinajstić information content (AvgIpc) is 2.70. The van der Waals surface area contributed by atoms with Crippen LogP contribution in [0.4, 0.5) is 0 Å². The second-order valence-electron chi connectivity index (χ2n) is 3.88. The van der Waals surface area contributed by atoms with Crippen LogP contribution in [0.1, 0.15) is 24.3 Å². The Morgan fingerprint density at radius 2 is 2.24 bits per heavy atom. The third kappa shape index (κ3) is 4.65. The van der Waals surface area contributed by atoms with E-state index in [0.29, 0.717) is 6.42 Å². The van der Waals surface area contributed by atoms with E-state index in [9.17, 15) is 8.42 Å². The monoisotopic (exact) mass is 277 g/mol. The first-order chi connectivity index (χ1) is 7.98. The third-order valence-corrected chi connectivity index (χ3v) is 4.41. The van der Waals surface area contributed by atoms with Crippen molar-refractivity contribution in [2.45, 2.75) is 19.4 Å². The van der Waals surface area contributed by atoms with Crippen LogP contribution >= 0.6 is 11.3 Å². The second kappa shape index (κ2) is 6.37. The Morgan fingerprint density at radius 3 is 2.76 bits per heavy atom. The van der Waals surface area contributed by atoms with Crippen molar-refractivity contribution in [1.82, 2.24) is 5.32 Å². The molecule has 98 valence electrons. The maximum Gasteiger partial charge on any atom is 0.147 e. The molecule has 1 N–H and O–H groups in total. The highest BCUT2D eigenvalue weighted by molar-refractivity contribution is 7.90. The summed E-state index contributed by atoms with van der Waals surface area (Å²) in [5, 5.41) is 5.26. The van der Waals surface area contributed by atoms with Gasteiger partial charge in [0.1, 0.15) is 15.6 Å². The van der Waals surface area contributed by atoms with Crippen molar-refractivity contribution in [2.24, 2.45) is 0 Å². The maximum absolute atomic E-state index is 11.2. The summed E-state index contributed by atoms with van der Waals surface area (Å²) in [7, 11) is -1.29. The lowest BCUT2D eigenvalue weighted by molar-refractivity contribution is 0.402. The fraction of sp³-hybridized carbons (Fsp3) is 0.636. The SMILES string of the molecule is CCNC(CCS(C)(=O)=O)c1sccc1OC. The Kier molecular flexibility index (Phi) is 5.42. The number of rotatable bonds is 7. The Labute approximate surface area is 107 Å². The van der Waals surface area contributed by atoms with E-state index < -0.39 is 9.84 Å². The van der Waals surface area contributed by atoms with Gasteiger partial charge in [-0.2, -0.15) is 0 Å². The molecule has 0 radical (unpaired) electrons. The smallest absolute Gasteiger partial charge is 0.147 e. The minimum absolute atomic E-state index is 0.0460. The molecule has 1 aromatic rings. The second-order valence-corrected chi connectivity index (χ2v) is 7.09. The molecule has 6 heteroatoms. The van der Waals surface area contributed by atoms with Gasteiger partial charge in [0.15, 0.2) is 0 Å². The number of hydrogen-bond acceptors (Lipinski definition) is 5. The number of thiophene rings is 1. The summed E-state index contributed by atoms with van der Waals surface area (Å²) >= 11 is 1.59. The van der Waals surface area contributed by atoms with Crippen LogP contribution in [0.2, 0.25) is 0 Å². The number of hydrogen-bond donors (Lipinski definition) is 1. The Morgan fingerprint density at radius 1 is 1.53 bits per heavy atom. The van der Waals surface area contributed by atoms with Gasteiger partial charge in [0.25, 0.3) is 0 Å². The topological polar surface area (TPSA) is 55.4 Å². The summed E-state index contributed by atoms with van der Waals surface area (Å²) < 4.78 is 27.7. The van der Waals surface area contributed by atoms with Crippen molar-refractivity contribution in [2.75, 3.05) is 25.7 Å². The van der Waals surface area contributed by atoms with Gasteiger partial charge in [-0.15, -0.1) is 11.3 Å². The van der Waals surface area contributed by atoms with Gasteiger partial charge in [0.2, 0.25) is 0 Å². The fourth-order valence-corrected chi connectivity index (χ4v) is 3.27. The number of sulfone groups is 1. The van der Waals surface area contributed by atoms with Gasteiger partial charge < -0.3 is 10.1 Å². The Balaban J connectivity index is 2.78. The molecule has 17 heavy (non-hydrogen) atoms. The standard InChI is InChI=1S/C11H19NO3S2/c1-4-12-9(6-8-17(3,13)14)11-10(15-2)5-7-16-11/h5,7,9,12H,4,6,8H2,1-3H3. The number of nitrogens with one attached hydrogen (secondary N) is 1. The van der Waals surface area contributed by atoms with Crippen molar-refractivity contribution in [3.8, 4) is 5.75 Å². The van der Waals surface area contributed by atoms with Gasteiger partial charge in [-0.1, -0.05) is 6.92 Å². The largest absolute Gasteiger partial charge is 0.496 e. The average molecular weight is 277 g/mol. The molecule has 0 saturated carbocycles. The minimum Gasteiger partial charge on any atom is -0.496 e. The summed E-state index contributed by atoms with van der Waals surface area (Å²) in [6, 6.07) is 1.95. The first kappa shape index (κ1) is 14.5. The van der Waals surface area contributed by atoms with Gasteiger partial charge in [-0.25, -0.2) is 8.42 Å². The molecule has 1 rings (SSSR count). The van der Waals surface area contributed by atoms with E-state index in [0.717, 1.165) is 17.2 Å². The lowest BCUT2D eigenvalue weighted by Crippen LogP contribution is -2.23. The number of ether oxygens (including phenoxy) is 1. The van der Waals surface area contributed by atoms with E-state index in [-0.39, 0.29) is 11.8 Å². The van der Waals surface area contributed by atoms with Crippen LogP contribution in [0.5, 0.6) is 5.75 Å². The zero-order valence-electron chi connectivity index (χ0n) is 10.4. The third-order valence-electron chi connectivity index (χ3n) is 2.42. The van der Waals surface area contributed by atoms with Crippen LogP contribution in [-0.4, -0.2) is 34.1 Å². The highest BCUT2D eigenvalue weighted by atomic mass is 32.2. The quantitative estimate of drug-likeness (QED) is 0.826. The van der Waals surface area contributed by atoms with E-state index in [1.54, 1.807) is 18.4 Å². The van der Waals surface area contributed by atoms with Crippen molar-refractivity contribution in [3.63, 3.8) is 0 Å². The van der Waals surface area contributed by atoms with Crippen LogP contribution in [0, 0.1) is 0 Å². The van der Waals surface area contributed by atoms with Crippen LogP contribution in [-0.2, 0) is 9.84 Å². The molecule has 0 spiro atoms. The molecule has 1 unspecified atom stereocenters. The van der Waals surface area contributed by atoms with Crippen molar-refractivity contribution >= 4 is 21.2 Å². The fourth-order valence-electron chi connectivity index (χ4n) is 1.64. The number of methoxy groups -OCH3 is 1. The normalized spacial score (nSPS) is 13.6. The molecule has 0 aliphatic carbocycles. The zero-order valence-corrected chi connectivity index (χ0v) is 12.0. The molecule has 0 fully saturated rings. The molecule has 0 aliphatic rings. The van der Waals surface area contributed by atoms with Gasteiger partial charge in [0.05, 0.1) is 17.7 Å². The Hall–Kier alpha value is -0.590. The van der Waals surface area contributed by atoms with Crippen molar-refractivity contribution < 1.29 is 13.2 Å². The predicted molar refractivity (Wildman–Crippen MR) is 71.6 cm³/mol. The van der Waals surface area contributed by atoms with Gasteiger partial charge >= 0.3 is 0 Å². The van der Waals surface area contributed by atoms with Gasteiger partial charge in [0, 0.05) is 12.3 Å². The zero-order chi connectivity index (χ0) is 12.9. The van der Waals surface area contributed by atoms with Crippen molar-refractivity contribution in [1.29, 1.82) is 0 Å². The Bertz CT molecular complexity index is 439. The van der Waals surface area contributed by atoms with E-state index in [4.69, 9.17) is 4.74 Å². The summed E-state index contributed by atoms with van der Waals surface area (Å²) in [4.78, 5) is 1.07. The van der Waals surface area contributed by atoms with Gasteiger partial charge in [-0.3, -0.25) is 0 Å². The van der Waals surface area contributed by atoms with Crippen LogP contribution in [0.3, 0.4) is 0 Å². The highest BCUT2D eigenvalue weighted by Gasteiger charge is 2.18. The first-order valence-electron chi connectivity index (χ1n) is 5.50. The minimum atomic E-state index is -2.92. The van der Waals surface area contributed by atoms with Gasteiger partial charge in [-0.05, 0) is 24.4 Å². The molecule has 0 aromatic carbocycles. The molecule has 0 amide bonds. The first-order valence-corrected chi connectivity index (χ1v) is 8.44. The molecule has 0 saturated heterocycles. The summed E-state index contributed by atoms with van der Waals surface area (Å²) in [6.45, 7) is 2.81.